The number of aliphatic hydroxyl groups is 1. The number of benzene rings is 1. The highest BCUT2D eigenvalue weighted by Crippen LogP contribution is 2.32. The largest absolute Gasteiger partial charge is 0.493 e. The van der Waals surface area contributed by atoms with Gasteiger partial charge in [-0.3, -0.25) is 0 Å². The molecule has 1 aromatic carbocycles. The molecule has 36 heavy (non-hydrogen) atoms. The number of aromatic amines is 1. The van der Waals surface area contributed by atoms with Gasteiger partial charge in [-0.1, -0.05) is 11.6 Å². The van der Waals surface area contributed by atoms with E-state index in [1.165, 1.54) is 6.07 Å². The van der Waals surface area contributed by atoms with E-state index >= 15 is 0 Å². The molecule has 2 aromatic heterocycles. The van der Waals surface area contributed by atoms with Gasteiger partial charge in [-0.15, -0.1) is 0 Å². The number of aliphatic hydroxyl groups excluding tert-OH is 1. The number of fused-ring (bicyclic) bond motifs is 2. The zero-order chi connectivity index (χ0) is 25.2. The van der Waals surface area contributed by atoms with Crippen molar-refractivity contribution in [3.8, 4) is 17.6 Å². The summed E-state index contributed by atoms with van der Waals surface area (Å²) in [6, 6.07) is 3.86. The lowest BCUT2D eigenvalue weighted by Gasteiger charge is -2.15. The third-order valence-corrected chi connectivity index (χ3v) is 6.12. The predicted octanol–water partition coefficient (Wildman–Crippen LogP) is 2.79. The highest BCUT2D eigenvalue weighted by molar-refractivity contribution is 6.32. The Labute approximate surface area is 209 Å². The molecule has 194 valence electrons. The van der Waals surface area contributed by atoms with Crippen LogP contribution in [0, 0.1) is 11.6 Å². The van der Waals surface area contributed by atoms with Gasteiger partial charge in [0.15, 0.2) is 11.8 Å². The van der Waals surface area contributed by atoms with Crippen LogP contribution in [-0.4, -0.2) is 78.0 Å². The number of halogens is 3. The minimum Gasteiger partial charge on any atom is -0.493 e. The van der Waals surface area contributed by atoms with Crippen molar-refractivity contribution < 1.29 is 42.3 Å². The van der Waals surface area contributed by atoms with Crippen molar-refractivity contribution in [3.05, 3.63) is 40.4 Å². The number of nitrogens with zero attached hydrogens (tertiary/aromatic N) is 2. The Balaban J connectivity index is 1.25. The van der Waals surface area contributed by atoms with Gasteiger partial charge in [-0.2, -0.15) is 9.97 Å². The Bertz CT molecular complexity index is 1210. The molecule has 2 saturated heterocycles. The van der Waals surface area contributed by atoms with E-state index in [0.717, 1.165) is 12.1 Å². The van der Waals surface area contributed by atoms with Crippen molar-refractivity contribution >= 4 is 22.8 Å². The summed E-state index contributed by atoms with van der Waals surface area (Å²) in [6.45, 7) is 0.711. The Kier molecular flexibility index (Phi) is 7.39. The van der Waals surface area contributed by atoms with Crippen LogP contribution >= 0.6 is 11.6 Å². The number of methoxy groups -OCH3 is 1. The van der Waals surface area contributed by atoms with E-state index in [0.29, 0.717) is 18.5 Å². The highest BCUT2D eigenvalue weighted by atomic mass is 35.5. The van der Waals surface area contributed by atoms with Gasteiger partial charge in [0, 0.05) is 32.3 Å². The summed E-state index contributed by atoms with van der Waals surface area (Å²) >= 11 is 6.26. The van der Waals surface area contributed by atoms with Gasteiger partial charge in [0.1, 0.15) is 47.3 Å². The number of imidazole rings is 1. The Morgan fingerprint density at radius 2 is 1.86 bits per heavy atom. The molecule has 10 nitrogen and oxygen atoms in total. The van der Waals surface area contributed by atoms with Gasteiger partial charge in [-0.05, 0) is 6.07 Å². The second-order valence-corrected chi connectivity index (χ2v) is 8.76. The van der Waals surface area contributed by atoms with Crippen LogP contribution in [0.15, 0.2) is 18.2 Å². The van der Waals surface area contributed by atoms with Crippen LogP contribution in [0.25, 0.3) is 11.2 Å². The standard InChI is InChI=1S/C23H24ClF2N3O7/c1-31-3-2-4-32-11-5-14(25)12(15(26)6-11)8-35-22-13(24)7-16-21(28-22)29-23(27-16)36-18-10-34-19-17(30)9-33-20(18)19/h5-7,17-20,30H,2-4,8-10H2,1H3,(H,27,28,29)/t17-,18-,19?,20?/m1/s1. The monoisotopic (exact) mass is 527 g/mol. The normalized spacial score (nSPS) is 23.2. The maximum atomic E-state index is 14.5. The molecule has 2 aliphatic heterocycles. The van der Waals surface area contributed by atoms with Crippen LogP contribution in [-0.2, 0) is 20.8 Å². The third kappa shape index (κ3) is 5.18. The number of hydrogen-bond acceptors (Lipinski definition) is 9. The fourth-order valence-corrected chi connectivity index (χ4v) is 4.27. The zero-order valence-corrected chi connectivity index (χ0v) is 20.0. The Morgan fingerprint density at radius 1 is 1.08 bits per heavy atom. The van der Waals surface area contributed by atoms with Crippen LogP contribution in [0.2, 0.25) is 5.02 Å². The fraction of sp³-hybridized carbons (Fsp3) is 0.478. The maximum Gasteiger partial charge on any atom is 0.296 e. The first-order valence-corrected chi connectivity index (χ1v) is 11.7. The Morgan fingerprint density at radius 3 is 2.64 bits per heavy atom. The zero-order valence-electron chi connectivity index (χ0n) is 19.2. The number of H-pyrrole nitrogens is 1. The van der Waals surface area contributed by atoms with E-state index in [4.69, 9.17) is 40.0 Å². The van der Waals surface area contributed by atoms with Crippen molar-refractivity contribution in [2.45, 2.75) is 37.4 Å². The number of pyridine rings is 1. The van der Waals surface area contributed by atoms with Gasteiger partial charge < -0.3 is 38.5 Å². The van der Waals surface area contributed by atoms with Gasteiger partial charge in [0.2, 0.25) is 5.88 Å². The smallest absolute Gasteiger partial charge is 0.296 e. The van der Waals surface area contributed by atoms with Crippen LogP contribution in [0.5, 0.6) is 17.6 Å². The molecular weight excluding hydrogens is 504 g/mol. The molecule has 4 atom stereocenters. The molecule has 0 aliphatic carbocycles. The summed E-state index contributed by atoms with van der Waals surface area (Å²) in [4.78, 5) is 11.5. The molecule has 2 unspecified atom stereocenters. The Hall–Kier alpha value is -2.77. The number of nitrogens with one attached hydrogen (secondary N) is 1. The summed E-state index contributed by atoms with van der Waals surface area (Å²) < 4.78 is 61.7. The summed E-state index contributed by atoms with van der Waals surface area (Å²) in [7, 11) is 1.56. The van der Waals surface area contributed by atoms with Gasteiger partial charge in [0.25, 0.3) is 6.01 Å². The summed E-state index contributed by atoms with van der Waals surface area (Å²) in [6.07, 6.45) is -1.42. The molecule has 2 N–H and O–H groups in total. The molecule has 2 aliphatic rings. The van der Waals surface area contributed by atoms with Crippen molar-refractivity contribution in [1.82, 2.24) is 15.0 Å². The van der Waals surface area contributed by atoms with Gasteiger partial charge in [-0.25, -0.2) is 8.78 Å². The molecule has 5 rings (SSSR count). The minimum absolute atomic E-state index is 0.0487. The van der Waals surface area contributed by atoms with E-state index in [-0.39, 0.29) is 53.7 Å². The predicted molar refractivity (Wildman–Crippen MR) is 121 cm³/mol. The molecule has 0 saturated carbocycles. The van der Waals surface area contributed by atoms with Gasteiger partial charge in [0.05, 0.1) is 30.9 Å². The lowest BCUT2D eigenvalue weighted by atomic mass is 10.1. The fourth-order valence-electron chi connectivity index (χ4n) is 4.06. The van der Waals surface area contributed by atoms with Crippen LogP contribution < -0.4 is 14.2 Å². The van der Waals surface area contributed by atoms with Crippen molar-refractivity contribution in [2.75, 3.05) is 33.5 Å². The molecule has 0 spiro atoms. The average molecular weight is 528 g/mol. The molecule has 13 heteroatoms. The number of aromatic nitrogens is 3. The van der Waals surface area contributed by atoms with E-state index in [1.54, 1.807) is 7.11 Å². The summed E-state index contributed by atoms with van der Waals surface area (Å²) in [5.74, 6) is -1.61. The summed E-state index contributed by atoms with van der Waals surface area (Å²) in [5, 5.41) is 9.98. The topological polar surface area (TPSA) is 117 Å². The van der Waals surface area contributed by atoms with Crippen molar-refractivity contribution in [3.63, 3.8) is 0 Å². The van der Waals surface area contributed by atoms with Crippen molar-refractivity contribution in [1.29, 1.82) is 0 Å². The lowest BCUT2D eigenvalue weighted by Crippen LogP contribution is -2.34. The third-order valence-electron chi connectivity index (χ3n) is 5.85. The van der Waals surface area contributed by atoms with Crippen molar-refractivity contribution in [2.24, 2.45) is 0 Å². The van der Waals surface area contributed by atoms with Crippen LogP contribution in [0.4, 0.5) is 8.78 Å². The quantitative estimate of drug-likeness (QED) is 0.384. The lowest BCUT2D eigenvalue weighted by molar-refractivity contribution is 0.00706. The maximum absolute atomic E-state index is 14.5. The first kappa shape index (κ1) is 24.9. The first-order chi connectivity index (χ1) is 17.4. The number of hydrogen-bond donors (Lipinski definition) is 2. The average Bonchev–Trinajstić information content (AvgIpc) is 3.53. The number of rotatable bonds is 10. The molecule has 3 aromatic rings. The first-order valence-electron chi connectivity index (χ1n) is 11.3. The molecule has 4 heterocycles. The van der Waals surface area contributed by atoms with Crippen LogP contribution in [0.3, 0.4) is 0 Å². The molecular formula is C23H24ClF2N3O7. The van der Waals surface area contributed by atoms with E-state index in [9.17, 15) is 13.9 Å². The minimum atomic E-state index is -0.819. The molecule has 0 bridgehead atoms. The molecule has 0 radical (unpaired) electrons. The van der Waals surface area contributed by atoms with Gasteiger partial charge >= 0.3 is 0 Å². The van der Waals surface area contributed by atoms with Crippen LogP contribution in [0.1, 0.15) is 12.0 Å². The van der Waals surface area contributed by atoms with E-state index < -0.39 is 42.7 Å². The molecule has 2 fully saturated rings. The molecule has 0 amide bonds. The second-order valence-electron chi connectivity index (χ2n) is 8.36. The SMILES string of the molecule is COCCCOc1cc(F)c(COc2nc3nc(O[C@@H]4COC5C4OC[C@H]5O)[nH]c3cc2Cl)c(F)c1. The second kappa shape index (κ2) is 10.7. The number of ether oxygens (including phenoxy) is 6. The van der Waals surface area contributed by atoms with E-state index in [2.05, 4.69) is 15.0 Å². The van der Waals surface area contributed by atoms with E-state index in [1.807, 2.05) is 0 Å². The highest BCUT2D eigenvalue weighted by Gasteiger charge is 2.48. The summed E-state index contributed by atoms with van der Waals surface area (Å²) in [5.41, 5.74) is 0.406.